The van der Waals surface area contributed by atoms with Crippen LogP contribution in [0.4, 0.5) is 24.3 Å². The number of carbonyl (C=O) groups is 2. The van der Waals surface area contributed by atoms with Crippen LogP contribution in [0.25, 0.3) is 21.3 Å². The summed E-state index contributed by atoms with van der Waals surface area (Å²) in [4.78, 5) is 34.9. The molecule has 2 aromatic heterocycles. The minimum absolute atomic E-state index is 0.245. The Labute approximate surface area is 206 Å². The SMILES string of the molecule is CN(C)C(=O)C(CO)NC(=O)c1ccc2c(c1)nc(Nc1nc3ccc(OC(F)(F)F)cc3s1)n2C. The Bertz CT molecular complexity index is 1450. The number of hydrogen-bond acceptors (Lipinski definition) is 8. The average molecular weight is 523 g/mol. The van der Waals surface area contributed by atoms with Crippen LogP contribution in [-0.2, 0) is 11.8 Å². The van der Waals surface area contributed by atoms with Crippen LogP contribution in [0.5, 0.6) is 5.75 Å². The fourth-order valence-corrected chi connectivity index (χ4v) is 4.33. The van der Waals surface area contributed by atoms with Gasteiger partial charge < -0.3 is 29.9 Å². The van der Waals surface area contributed by atoms with Gasteiger partial charge in [-0.2, -0.15) is 0 Å². The van der Waals surface area contributed by atoms with Gasteiger partial charge in [0, 0.05) is 32.8 Å². The molecule has 36 heavy (non-hydrogen) atoms. The third kappa shape index (κ3) is 5.33. The van der Waals surface area contributed by atoms with Gasteiger partial charge in [0.05, 0.1) is 27.9 Å². The first-order chi connectivity index (χ1) is 16.9. The summed E-state index contributed by atoms with van der Waals surface area (Å²) in [6, 6.07) is 7.59. The van der Waals surface area contributed by atoms with Crippen molar-refractivity contribution in [2.45, 2.75) is 12.4 Å². The first-order valence-electron chi connectivity index (χ1n) is 10.5. The molecule has 0 aliphatic carbocycles. The molecular weight excluding hydrogens is 501 g/mol. The Kier molecular flexibility index (Phi) is 6.73. The number of aromatic nitrogens is 3. The van der Waals surface area contributed by atoms with Crippen LogP contribution >= 0.6 is 11.3 Å². The summed E-state index contributed by atoms with van der Waals surface area (Å²) in [5.41, 5.74) is 1.91. The number of benzene rings is 2. The molecule has 4 aromatic rings. The van der Waals surface area contributed by atoms with Gasteiger partial charge in [-0.3, -0.25) is 9.59 Å². The minimum Gasteiger partial charge on any atom is -0.406 e. The molecule has 1 atom stereocenters. The summed E-state index contributed by atoms with van der Waals surface area (Å²) in [7, 11) is 4.79. The molecule has 10 nitrogen and oxygen atoms in total. The van der Waals surface area contributed by atoms with E-state index in [-0.39, 0.29) is 11.3 Å². The highest BCUT2D eigenvalue weighted by atomic mass is 32.1. The van der Waals surface area contributed by atoms with Gasteiger partial charge >= 0.3 is 6.36 Å². The molecule has 0 saturated carbocycles. The van der Waals surface area contributed by atoms with Crippen LogP contribution in [0.15, 0.2) is 36.4 Å². The van der Waals surface area contributed by atoms with Gasteiger partial charge in [-0.1, -0.05) is 11.3 Å². The molecular formula is C22H21F3N6O4S. The average Bonchev–Trinajstić information content (AvgIpc) is 3.35. The van der Waals surface area contributed by atoms with E-state index in [9.17, 15) is 27.9 Å². The topological polar surface area (TPSA) is 122 Å². The van der Waals surface area contributed by atoms with Gasteiger partial charge in [-0.15, -0.1) is 13.2 Å². The molecule has 1 unspecified atom stereocenters. The molecule has 0 aliphatic rings. The van der Waals surface area contributed by atoms with Gasteiger partial charge in [0.15, 0.2) is 5.13 Å². The smallest absolute Gasteiger partial charge is 0.406 e. The first kappa shape index (κ1) is 25.2. The van der Waals surface area contributed by atoms with E-state index >= 15 is 0 Å². The molecule has 14 heteroatoms. The Balaban J connectivity index is 1.55. The van der Waals surface area contributed by atoms with Crippen molar-refractivity contribution in [1.82, 2.24) is 24.8 Å². The van der Waals surface area contributed by atoms with Crippen molar-refractivity contribution in [3.8, 4) is 5.75 Å². The van der Waals surface area contributed by atoms with Crippen molar-refractivity contribution >= 4 is 55.5 Å². The number of rotatable bonds is 7. The number of alkyl halides is 3. The van der Waals surface area contributed by atoms with Crippen molar-refractivity contribution in [3.05, 3.63) is 42.0 Å². The molecule has 2 aromatic carbocycles. The maximum absolute atomic E-state index is 12.6. The molecule has 0 bridgehead atoms. The number of anilines is 2. The number of aliphatic hydroxyl groups excluding tert-OH is 1. The quantitative estimate of drug-likeness (QED) is 0.341. The third-order valence-electron chi connectivity index (χ3n) is 5.18. The number of imidazole rings is 1. The van der Waals surface area contributed by atoms with E-state index in [2.05, 4.69) is 25.3 Å². The maximum Gasteiger partial charge on any atom is 0.573 e. The Morgan fingerprint density at radius 3 is 2.58 bits per heavy atom. The Hall–Kier alpha value is -3.91. The van der Waals surface area contributed by atoms with E-state index in [0.29, 0.717) is 32.3 Å². The van der Waals surface area contributed by atoms with Crippen molar-refractivity contribution in [1.29, 1.82) is 0 Å². The second kappa shape index (κ2) is 9.62. The molecule has 190 valence electrons. The second-order valence-electron chi connectivity index (χ2n) is 7.96. The number of aryl methyl sites for hydroxylation is 1. The number of ether oxygens (including phenoxy) is 1. The van der Waals surface area contributed by atoms with Gasteiger partial charge in [0.25, 0.3) is 5.91 Å². The van der Waals surface area contributed by atoms with Crippen LogP contribution in [-0.4, -0.2) is 69.5 Å². The first-order valence-corrected chi connectivity index (χ1v) is 11.3. The number of likely N-dealkylation sites (N-methyl/N-ethyl adjacent to an activating group) is 1. The van der Waals surface area contributed by atoms with Crippen LogP contribution in [0.2, 0.25) is 0 Å². The highest BCUT2D eigenvalue weighted by Crippen LogP contribution is 2.33. The lowest BCUT2D eigenvalue weighted by atomic mass is 10.1. The van der Waals surface area contributed by atoms with Gasteiger partial charge in [0.1, 0.15) is 11.8 Å². The predicted octanol–water partition coefficient (Wildman–Crippen LogP) is 3.00. The lowest BCUT2D eigenvalue weighted by Gasteiger charge is -2.19. The zero-order chi connectivity index (χ0) is 26.2. The van der Waals surface area contributed by atoms with E-state index in [1.54, 1.807) is 29.8 Å². The molecule has 0 aliphatic heterocycles. The standard InChI is InChI=1S/C22H21F3N6O4S/c1-30(2)19(34)15(10-32)26-18(33)11-4-7-16-14(8-11)27-20(31(16)3)29-21-28-13-6-5-12(9-17(13)36-21)35-22(23,24)25/h4-9,15,32H,10H2,1-3H3,(H,26,33)(H,27,28,29). The summed E-state index contributed by atoms with van der Waals surface area (Å²) in [6.45, 7) is -0.547. The summed E-state index contributed by atoms with van der Waals surface area (Å²) in [6.07, 6.45) is -4.79. The Morgan fingerprint density at radius 2 is 1.92 bits per heavy atom. The minimum atomic E-state index is -4.79. The van der Waals surface area contributed by atoms with Gasteiger partial charge in [0.2, 0.25) is 11.9 Å². The number of fused-ring (bicyclic) bond motifs is 2. The summed E-state index contributed by atoms with van der Waals surface area (Å²) < 4.78 is 43.7. The number of thiazole rings is 1. The van der Waals surface area contributed by atoms with E-state index in [0.717, 1.165) is 11.3 Å². The molecule has 0 saturated heterocycles. The zero-order valence-electron chi connectivity index (χ0n) is 19.3. The number of nitrogens with one attached hydrogen (secondary N) is 2. The highest BCUT2D eigenvalue weighted by Gasteiger charge is 2.31. The highest BCUT2D eigenvalue weighted by molar-refractivity contribution is 7.22. The number of nitrogens with zero attached hydrogens (tertiary/aromatic N) is 4. The zero-order valence-corrected chi connectivity index (χ0v) is 20.1. The van der Waals surface area contributed by atoms with Crippen LogP contribution in [0.1, 0.15) is 10.4 Å². The largest absolute Gasteiger partial charge is 0.573 e. The number of carbonyl (C=O) groups excluding carboxylic acids is 2. The van der Waals surface area contributed by atoms with E-state index in [1.807, 2.05) is 0 Å². The fraction of sp³-hybridized carbons (Fsp3) is 0.273. The monoisotopic (exact) mass is 522 g/mol. The number of halogens is 3. The van der Waals surface area contributed by atoms with Crippen LogP contribution in [0.3, 0.4) is 0 Å². The summed E-state index contributed by atoms with van der Waals surface area (Å²) in [5, 5.41) is 15.4. The van der Waals surface area contributed by atoms with Crippen molar-refractivity contribution in [2.24, 2.45) is 7.05 Å². The molecule has 0 fully saturated rings. The molecule has 2 heterocycles. The normalized spacial score (nSPS) is 12.5. The van der Waals surface area contributed by atoms with Crippen molar-refractivity contribution in [3.63, 3.8) is 0 Å². The molecule has 2 amide bonds. The molecule has 3 N–H and O–H groups in total. The van der Waals surface area contributed by atoms with E-state index < -0.39 is 30.8 Å². The molecule has 0 radical (unpaired) electrons. The summed E-state index contributed by atoms with van der Waals surface area (Å²) in [5.74, 6) is -0.933. The van der Waals surface area contributed by atoms with Gasteiger partial charge in [-0.25, -0.2) is 9.97 Å². The van der Waals surface area contributed by atoms with E-state index in [1.165, 1.54) is 37.2 Å². The lowest BCUT2D eigenvalue weighted by Crippen LogP contribution is -2.48. The molecule has 4 rings (SSSR count). The number of aliphatic hydroxyl groups is 1. The predicted molar refractivity (Wildman–Crippen MR) is 127 cm³/mol. The van der Waals surface area contributed by atoms with Gasteiger partial charge in [-0.05, 0) is 30.3 Å². The molecule has 0 spiro atoms. The Morgan fingerprint density at radius 1 is 1.17 bits per heavy atom. The second-order valence-corrected chi connectivity index (χ2v) is 8.99. The lowest BCUT2D eigenvalue weighted by molar-refractivity contribution is -0.274. The number of hydrogen-bond donors (Lipinski definition) is 3. The summed E-state index contributed by atoms with van der Waals surface area (Å²) >= 11 is 1.13. The van der Waals surface area contributed by atoms with Crippen molar-refractivity contribution < 1.29 is 32.6 Å². The van der Waals surface area contributed by atoms with Crippen LogP contribution < -0.4 is 15.4 Å². The maximum atomic E-state index is 12.6. The number of amides is 2. The van der Waals surface area contributed by atoms with E-state index in [4.69, 9.17) is 0 Å². The van der Waals surface area contributed by atoms with Crippen molar-refractivity contribution in [2.75, 3.05) is 26.0 Å². The third-order valence-corrected chi connectivity index (χ3v) is 6.12. The fourth-order valence-electron chi connectivity index (χ4n) is 3.44. The van der Waals surface area contributed by atoms with Crippen LogP contribution in [0, 0.1) is 0 Å².